The van der Waals surface area contributed by atoms with Crippen LogP contribution in [0, 0.1) is 0 Å². The van der Waals surface area contributed by atoms with Crippen molar-refractivity contribution in [2.75, 3.05) is 9.80 Å². The van der Waals surface area contributed by atoms with Gasteiger partial charge in [0.2, 0.25) is 0 Å². The van der Waals surface area contributed by atoms with Crippen LogP contribution < -0.4 is 9.80 Å². The molecule has 14 rings (SSSR count). The molecule has 0 amide bonds. The molecule has 2 heterocycles. The van der Waals surface area contributed by atoms with Gasteiger partial charge in [-0.05, 0) is 154 Å². The SMILES string of the molecule is c1ccc(N(c2ccccc2)c2cccc3c2c2ccccc2n3-c2ccc(-c3cc4ccccc4cc3-c3ccc(-n4c5ccccc5c5c(N(c6ccccc6)c6ccccc6)cccc54)cc3)cc2)cc1. The van der Waals surface area contributed by atoms with E-state index < -0.39 is 0 Å². The molecule has 0 bridgehead atoms. The van der Waals surface area contributed by atoms with Crippen LogP contribution in [0.3, 0.4) is 0 Å². The van der Waals surface area contributed by atoms with Crippen molar-refractivity contribution in [3.8, 4) is 33.6 Å². The third kappa shape index (κ3) is 7.23. The average Bonchev–Trinajstić information content (AvgIpc) is 4.03. The molecule has 0 N–H and O–H groups in total. The molecule has 4 heteroatoms. The highest BCUT2D eigenvalue weighted by atomic mass is 15.2. The van der Waals surface area contributed by atoms with Crippen molar-refractivity contribution in [2.24, 2.45) is 0 Å². The molecule has 0 spiro atoms. The summed E-state index contributed by atoms with van der Waals surface area (Å²) in [5.74, 6) is 0. The number of benzene rings is 12. The van der Waals surface area contributed by atoms with Gasteiger partial charge in [0.1, 0.15) is 0 Å². The van der Waals surface area contributed by atoms with E-state index in [9.17, 15) is 0 Å². The first-order valence-corrected chi connectivity index (χ1v) is 25.3. The Bertz CT molecular complexity index is 3970. The molecule has 12 aromatic carbocycles. The molecular formula is C70H48N4. The van der Waals surface area contributed by atoms with Gasteiger partial charge in [-0.15, -0.1) is 0 Å². The summed E-state index contributed by atoms with van der Waals surface area (Å²) in [6, 6.07) is 105. The lowest BCUT2D eigenvalue weighted by atomic mass is 9.91. The largest absolute Gasteiger partial charge is 0.310 e. The Balaban J connectivity index is 0.874. The second-order valence-electron chi connectivity index (χ2n) is 18.9. The van der Waals surface area contributed by atoms with E-state index in [1.54, 1.807) is 0 Å². The molecule has 0 radical (unpaired) electrons. The van der Waals surface area contributed by atoms with Gasteiger partial charge in [-0.3, -0.25) is 0 Å². The maximum absolute atomic E-state index is 2.42. The standard InChI is InChI=1S/C70H48N4/c1-5-23-53(24-6-1)71(54-25-7-2-8-26-54)65-35-19-37-67-69(65)59-31-15-17-33-63(59)73(67)57-43-39-49(40-44-57)61-47-51-21-13-14-22-52(51)48-62(61)50-41-45-58(46-42-50)74-64-34-18-16-32-60(64)70-66(36-20-38-68(70)74)72(55-27-9-3-10-28-55)56-29-11-4-12-30-56/h1-48H. The van der Waals surface area contributed by atoms with Crippen molar-refractivity contribution >= 4 is 88.5 Å². The number of fused-ring (bicyclic) bond motifs is 7. The summed E-state index contributed by atoms with van der Waals surface area (Å²) in [7, 11) is 0. The zero-order chi connectivity index (χ0) is 49.0. The van der Waals surface area contributed by atoms with Crippen molar-refractivity contribution in [3.63, 3.8) is 0 Å². The van der Waals surface area contributed by atoms with Crippen molar-refractivity contribution in [1.29, 1.82) is 0 Å². The van der Waals surface area contributed by atoms with Gasteiger partial charge in [-0.2, -0.15) is 0 Å². The minimum atomic E-state index is 1.11. The lowest BCUT2D eigenvalue weighted by molar-refractivity contribution is 1.18. The predicted molar refractivity (Wildman–Crippen MR) is 313 cm³/mol. The smallest absolute Gasteiger partial charge is 0.0562 e. The quantitative estimate of drug-likeness (QED) is 0.136. The van der Waals surface area contributed by atoms with Gasteiger partial charge in [0.25, 0.3) is 0 Å². The second kappa shape index (κ2) is 18.1. The van der Waals surface area contributed by atoms with E-state index in [-0.39, 0.29) is 0 Å². The zero-order valence-corrected chi connectivity index (χ0v) is 40.5. The Hall–Kier alpha value is -9.90. The maximum atomic E-state index is 2.42. The molecule has 0 aliphatic carbocycles. The number of para-hydroxylation sites is 6. The van der Waals surface area contributed by atoms with Gasteiger partial charge in [0.15, 0.2) is 0 Å². The maximum Gasteiger partial charge on any atom is 0.0562 e. The van der Waals surface area contributed by atoms with Crippen LogP contribution in [-0.4, -0.2) is 9.13 Å². The molecule has 2 aromatic heterocycles. The monoisotopic (exact) mass is 944 g/mol. The Kier molecular flexibility index (Phi) is 10.5. The number of hydrogen-bond donors (Lipinski definition) is 0. The summed E-state index contributed by atoms with van der Waals surface area (Å²) in [5, 5.41) is 7.27. The number of rotatable bonds is 10. The number of hydrogen-bond acceptors (Lipinski definition) is 2. The van der Waals surface area contributed by atoms with Crippen LogP contribution in [0.4, 0.5) is 34.1 Å². The van der Waals surface area contributed by atoms with E-state index >= 15 is 0 Å². The first-order chi connectivity index (χ1) is 36.7. The van der Waals surface area contributed by atoms with Gasteiger partial charge in [0.05, 0.1) is 33.4 Å². The van der Waals surface area contributed by atoms with Crippen LogP contribution in [-0.2, 0) is 0 Å². The van der Waals surface area contributed by atoms with Crippen LogP contribution >= 0.6 is 0 Å². The minimum Gasteiger partial charge on any atom is -0.310 e. The number of anilines is 6. The Morgan fingerprint density at radius 1 is 0.243 bits per heavy atom. The Labute approximate surface area is 430 Å². The van der Waals surface area contributed by atoms with Gasteiger partial charge in [-0.1, -0.05) is 170 Å². The molecule has 0 fully saturated rings. The fourth-order valence-corrected chi connectivity index (χ4v) is 11.4. The molecule has 0 aliphatic heterocycles. The van der Waals surface area contributed by atoms with Crippen LogP contribution in [0.1, 0.15) is 0 Å². The van der Waals surface area contributed by atoms with Gasteiger partial charge < -0.3 is 18.9 Å². The predicted octanol–water partition coefficient (Wildman–Crippen LogP) is 19.3. The van der Waals surface area contributed by atoms with Crippen LogP contribution in [0.25, 0.3) is 88.0 Å². The summed E-state index contributed by atoms with van der Waals surface area (Å²) in [5.41, 5.74) is 18.3. The molecule has 0 saturated heterocycles. The van der Waals surface area contributed by atoms with E-state index in [0.717, 1.165) is 67.7 Å². The van der Waals surface area contributed by atoms with Crippen molar-refractivity contribution in [1.82, 2.24) is 9.13 Å². The second-order valence-corrected chi connectivity index (χ2v) is 18.9. The highest BCUT2D eigenvalue weighted by molar-refractivity contribution is 6.18. The third-order valence-corrected chi connectivity index (χ3v) is 14.6. The molecular weight excluding hydrogens is 897 g/mol. The first-order valence-electron chi connectivity index (χ1n) is 25.3. The lowest BCUT2D eigenvalue weighted by Crippen LogP contribution is -2.10. The number of aromatic nitrogens is 2. The molecule has 4 nitrogen and oxygen atoms in total. The van der Waals surface area contributed by atoms with Gasteiger partial charge in [0, 0.05) is 55.7 Å². The summed E-state index contributed by atoms with van der Waals surface area (Å²) < 4.78 is 4.84. The van der Waals surface area contributed by atoms with Crippen molar-refractivity contribution in [2.45, 2.75) is 0 Å². The van der Waals surface area contributed by atoms with Gasteiger partial charge >= 0.3 is 0 Å². The fourth-order valence-electron chi connectivity index (χ4n) is 11.4. The summed E-state index contributed by atoms with van der Waals surface area (Å²) in [6.45, 7) is 0. The number of nitrogens with zero attached hydrogens (tertiary/aromatic N) is 4. The summed E-state index contributed by atoms with van der Waals surface area (Å²) in [6.07, 6.45) is 0. The van der Waals surface area contributed by atoms with E-state index in [4.69, 9.17) is 0 Å². The lowest BCUT2D eigenvalue weighted by Gasteiger charge is -2.26. The molecule has 14 aromatic rings. The third-order valence-electron chi connectivity index (χ3n) is 14.6. The van der Waals surface area contributed by atoms with Crippen LogP contribution in [0.5, 0.6) is 0 Å². The summed E-state index contributed by atoms with van der Waals surface area (Å²) >= 11 is 0. The molecule has 0 unspecified atom stereocenters. The minimum absolute atomic E-state index is 1.11. The molecule has 0 atom stereocenters. The van der Waals surface area contributed by atoms with E-state index in [1.807, 2.05) is 0 Å². The average molecular weight is 945 g/mol. The van der Waals surface area contributed by atoms with E-state index in [1.165, 1.54) is 54.5 Å². The molecule has 348 valence electrons. The van der Waals surface area contributed by atoms with Crippen LogP contribution in [0.2, 0.25) is 0 Å². The Morgan fingerprint density at radius 2 is 0.554 bits per heavy atom. The van der Waals surface area contributed by atoms with Crippen LogP contribution in [0.15, 0.2) is 291 Å². The summed E-state index contributed by atoms with van der Waals surface area (Å²) in [4.78, 5) is 4.75. The fraction of sp³-hybridized carbons (Fsp3) is 0. The molecule has 0 aliphatic rings. The molecule has 0 saturated carbocycles. The zero-order valence-electron chi connectivity index (χ0n) is 40.5. The van der Waals surface area contributed by atoms with E-state index in [2.05, 4.69) is 310 Å². The topological polar surface area (TPSA) is 16.3 Å². The first kappa shape index (κ1) is 42.9. The normalized spacial score (nSPS) is 11.5. The van der Waals surface area contributed by atoms with Crippen molar-refractivity contribution in [3.05, 3.63) is 291 Å². The van der Waals surface area contributed by atoms with Crippen molar-refractivity contribution < 1.29 is 0 Å². The molecule has 74 heavy (non-hydrogen) atoms. The Morgan fingerprint density at radius 3 is 0.919 bits per heavy atom. The highest BCUT2D eigenvalue weighted by Gasteiger charge is 2.23. The highest BCUT2D eigenvalue weighted by Crippen LogP contribution is 2.46. The van der Waals surface area contributed by atoms with E-state index in [0.29, 0.717) is 0 Å². The van der Waals surface area contributed by atoms with Gasteiger partial charge in [-0.25, -0.2) is 0 Å².